The Bertz CT molecular complexity index is 2800. The predicted octanol–water partition coefficient (Wildman–Crippen LogP) is 5.86. The average molecular weight is 871 g/mol. The highest BCUT2D eigenvalue weighted by Crippen LogP contribution is 2.46. The van der Waals surface area contributed by atoms with Gasteiger partial charge in [-0.1, -0.05) is 84.9 Å². The Morgan fingerprint density at radius 2 is 1.51 bits per heavy atom. The molecule has 3 amide bonds. The second-order valence-corrected chi connectivity index (χ2v) is 17.8. The molecule has 3 saturated heterocycles. The summed E-state index contributed by atoms with van der Waals surface area (Å²) < 4.78 is 18.7. The fourth-order valence-electron chi connectivity index (χ4n) is 10.2. The highest BCUT2D eigenvalue weighted by Gasteiger charge is 2.56. The topological polar surface area (TPSA) is 182 Å². The van der Waals surface area contributed by atoms with Crippen LogP contribution in [0.2, 0.25) is 0 Å². The number of benzene rings is 5. The van der Waals surface area contributed by atoms with Crippen LogP contribution in [0.3, 0.4) is 0 Å². The third-order valence-corrected chi connectivity index (χ3v) is 13.9. The molecule has 0 saturated carbocycles. The number of hydrogen-bond donors (Lipinski definition) is 4. The van der Waals surface area contributed by atoms with Gasteiger partial charge in [0.1, 0.15) is 11.4 Å². The van der Waals surface area contributed by atoms with Crippen LogP contribution in [-0.4, -0.2) is 78.4 Å². The van der Waals surface area contributed by atoms with Crippen LogP contribution in [0.1, 0.15) is 86.7 Å². The maximum atomic E-state index is 14.1. The van der Waals surface area contributed by atoms with Gasteiger partial charge in [0, 0.05) is 77.9 Å². The number of carbonyl (C=O) groups excluding carboxylic acids is 4. The lowest BCUT2D eigenvalue weighted by Gasteiger charge is -2.38. The molecule has 0 aliphatic carbocycles. The molecular weight excluding hydrogens is 819 g/mol. The van der Waals surface area contributed by atoms with Gasteiger partial charge in [-0.3, -0.25) is 19.2 Å². The van der Waals surface area contributed by atoms with Gasteiger partial charge < -0.3 is 45.6 Å². The number of ether oxygens (including phenoxy) is 1. The number of nitrogens with two attached hydrogens (primary N) is 2. The van der Waals surface area contributed by atoms with E-state index in [1.54, 1.807) is 60.7 Å². The summed E-state index contributed by atoms with van der Waals surface area (Å²) in [5, 5.41) is 3.57. The molecular formula is C51H51BN6O7. The molecule has 5 aromatic carbocycles. The van der Waals surface area contributed by atoms with Gasteiger partial charge in [0.05, 0.1) is 13.0 Å². The van der Waals surface area contributed by atoms with Gasteiger partial charge >= 0.3 is 13.1 Å². The second kappa shape index (κ2) is 17.3. The average Bonchev–Trinajstić information content (AvgIpc) is 4.05. The Hall–Kier alpha value is -6.74. The lowest BCUT2D eigenvalue weighted by molar-refractivity contribution is -0.146. The number of anilines is 1. The fourth-order valence-corrected chi connectivity index (χ4v) is 10.2. The smallest absolute Gasteiger partial charge is 0.503 e. The second-order valence-electron chi connectivity index (χ2n) is 17.8. The van der Waals surface area contributed by atoms with Crippen LogP contribution in [0.4, 0.5) is 5.69 Å². The van der Waals surface area contributed by atoms with Crippen molar-refractivity contribution < 1.29 is 33.2 Å². The van der Waals surface area contributed by atoms with Gasteiger partial charge in [0.25, 0.3) is 11.8 Å². The van der Waals surface area contributed by atoms with Gasteiger partial charge in [-0.05, 0) is 90.3 Å². The molecule has 0 bridgehead atoms. The molecule has 13 nitrogen and oxygen atoms in total. The monoisotopic (exact) mass is 870 g/mol. The Morgan fingerprint density at radius 3 is 2.29 bits per heavy atom. The molecule has 4 aliphatic heterocycles. The zero-order chi connectivity index (χ0) is 44.7. The third kappa shape index (κ3) is 7.96. The number of carbonyl (C=O) groups is 4. The Kier molecular flexibility index (Phi) is 11.3. The van der Waals surface area contributed by atoms with Crippen LogP contribution in [0.25, 0.3) is 10.9 Å². The molecule has 0 radical (unpaired) electrons. The molecule has 14 heteroatoms. The van der Waals surface area contributed by atoms with E-state index in [9.17, 15) is 19.2 Å². The first-order valence-electron chi connectivity index (χ1n) is 22.4. The maximum Gasteiger partial charge on any atom is 0.566 e. The molecule has 10 rings (SSSR count). The number of aromatic amines is 1. The fraction of sp³-hybridized carbons (Fsp3) is 0.294. The lowest BCUT2D eigenvalue weighted by Crippen LogP contribution is -2.46. The van der Waals surface area contributed by atoms with E-state index in [1.807, 2.05) is 52.3 Å². The van der Waals surface area contributed by atoms with Crippen LogP contribution < -0.4 is 27.0 Å². The van der Waals surface area contributed by atoms with Gasteiger partial charge in [-0.25, -0.2) is 0 Å². The summed E-state index contributed by atoms with van der Waals surface area (Å²) >= 11 is 0. The minimum absolute atomic E-state index is 0.110. The van der Waals surface area contributed by atoms with E-state index in [4.69, 9.17) is 25.5 Å². The number of H-pyrrole nitrogens is 1. The summed E-state index contributed by atoms with van der Waals surface area (Å²) in [6.45, 7) is 3.89. The number of piperidine rings is 2. The summed E-state index contributed by atoms with van der Waals surface area (Å²) in [5.41, 5.74) is 17.4. The summed E-state index contributed by atoms with van der Waals surface area (Å²) in [7, 11) is -1.18. The van der Waals surface area contributed by atoms with Gasteiger partial charge in [0.2, 0.25) is 5.91 Å². The zero-order valence-electron chi connectivity index (χ0n) is 36.1. The first kappa shape index (κ1) is 42.2. The molecule has 1 spiro atoms. The summed E-state index contributed by atoms with van der Waals surface area (Å²) in [6, 6.07) is 37.4. The maximum absolute atomic E-state index is 14.1. The van der Waals surface area contributed by atoms with Crippen molar-refractivity contribution in [2.45, 2.75) is 62.1 Å². The number of likely N-dealkylation sites (tertiary alicyclic amines) is 2. The first-order chi connectivity index (χ1) is 31.6. The molecule has 5 heterocycles. The van der Waals surface area contributed by atoms with Crippen LogP contribution in [0.5, 0.6) is 5.75 Å². The molecule has 4 aliphatic rings. The first-order valence-corrected chi connectivity index (χ1v) is 22.4. The van der Waals surface area contributed by atoms with Crippen molar-refractivity contribution in [3.63, 3.8) is 0 Å². The number of aromatic nitrogens is 1. The van der Waals surface area contributed by atoms with E-state index in [-0.39, 0.29) is 17.2 Å². The van der Waals surface area contributed by atoms with Crippen LogP contribution in [0, 0.1) is 0 Å². The van der Waals surface area contributed by atoms with E-state index in [2.05, 4.69) is 28.5 Å². The number of amides is 3. The summed E-state index contributed by atoms with van der Waals surface area (Å²) in [6.07, 6.45) is 2.82. The van der Waals surface area contributed by atoms with E-state index in [0.717, 1.165) is 42.6 Å². The quantitative estimate of drug-likeness (QED) is 0.123. The van der Waals surface area contributed by atoms with Crippen molar-refractivity contribution in [1.29, 1.82) is 0 Å². The van der Waals surface area contributed by atoms with Crippen LogP contribution in [-0.2, 0) is 43.0 Å². The van der Waals surface area contributed by atoms with Crippen LogP contribution in [0.15, 0.2) is 121 Å². The number of hydrogen-bond acceptors (Lipinski definition) is 9. The van der Waals surface area contributed by atoms with E-state index in [0.29, 0.717) is 90.7 Å². The number of nitrogens with zero attached hydrogens (tertiary/aromatic N) is 2. The van der Waals surface area contributed by atoms with E-state index >= 15 is 0 Å². The standard InChI is InChI=1S/C51H51BN6O7/c53-30-33-7-4-8-36(25-33)35-17-21-57(22-18-35)47(60)37-9-5-12-39(27-37)55-46(59)29-51(38-10-2-1-3-11-38)49(62)64-52(65-51)42-13-6-14-43-40(42)28-44(56-43)48(61)58-23-19-50(20-24-58)32-63-45-16-15-34(31-54)26-41(45)50/h1-16,25-28,35,56H,17-24,29-32,53-54H2,(H,55,59)/t51-/m0/s1. The Morgan fingerprint density at radius 1 is 0.769 bits per heavy atom. The highest BCUT2D eigenvalue weighted by atomic mass is 16.7. The van der Waals surface area contributed by atoms with E-state index < -0.39 is 31.0 Å². The molecule has 3 fully saturated rings. The van der Waals surface area contributed by atoms with Crippen molar-refractivity contribution in [2.24, 2.45) is 11.5 Å². The van der Waals surface area contributed by atoms with Crippen molar-refractivity contribution in [3.05, 3.63) is 160 Å². The number of nitrogens with one attached hydrogen (secondary N) is 2. The van der Waals surface area contributed by atoms with Crippen molar-refractivity contribution in [3.8, 4) is 5.75 Å². The normalized spacial score (nSPS) is 19.3. The summed E-state index contributed by atoms with van der Waals surface area (Å²) in [4.78, 5) is 62.9. The number of fused-ring (bicyclic) bond motifs is 3. The molecule has 330 valence electrons. The van der Waals surface area contributed by atoms with Crippen molar-refractivity contribution in [1.82, 2.24) is 14.8 Å². The Labute approximate surface area is 377 Å². The van der Waals surface area contributed by atoms with Gasteiger partial charge in [0.15, 0.2) is 5.60 Å². The molecule has 6 aromatic rings. The predicted molar refractivity (Wildman–Crippen MR) is 248 cm³/mol. The lowest BCUT2D eigenvalue weighted by atomic mass is 9.74. The molecule has 1 atom stereocenters. The molecule has 65 heavy (non-hydrogen) atoms. The SMILES string of the molecule is NCc1cccc(C2CCN(C(=O)c3cccc(NC(=O)C[C@@]4(c5ccccc5)OB(c5cccc6[nH]c(C(=O)N7CCC8(CC7)COc7ccc(CN)cc78)cc56)OC4=O)c3)CC2)c1. The number of rotatable bonds is 10. The minimum atomic E-state index is -1.79. The largest absolute Gasteiger partial charge is 0.566 e. The van der Waals surface area contributed by atoms with Crippen molar-refractivity contribution in [2.75, 3.05) is 38.1 Å². The Balaban J connectivity index is 0.825. The third-order valence-electron chi connectivity index (χ3n) is 13.9. The summed E-state index contributed by atoms with van der Waals surface area (Å²) in [5.74, 6) is -0.206. The zero-order valence-corrected chi connectivity index (χ0v) is 36.1. The van der Waals surface area contributed by atoms with E-state index in [1.165, 1.54) is 11.1 Å². The van der Waals surface area contributed by atoms with Gasteiger partial charge in [-0.15, -0.1) is 0 Å². The minimum Gasteiger partial charge on any atom is -0.503 e. The van der Waals surface area contributed by atoms with Crippen molar-refractivity contribution >= 4 is 52.9 Å². The molecule has 1 aromatic heterocycles. The molecule has 0 unspecified atom stereocenters. The van der Waals surface area contributed by atoms with Crippen LogP contribution >= 0.6 is 0 Å². The highest BCUT2D eigenvalue weighted by molar-refractivity contribution is 6.67. The van der Waals surface area contributed by atoms with Gasteiger partial charge in [-0.2, -0.15) is 0 Å². The molecule has 6 N–H and O–H groups in total.